The molecule has 0 aliphatic rings. The molecule has 2 N–H and O–H groups in total. The Morgan fingerprint density at radius 1 is 1.38 bits per heavy atom. The van der Waals surface area contributed by atoms with Gasteiger partial charge in [0.15, 0.2) is 11.5 Å². The summed E-state index contributed by atoms with van der Waals surface area (Å²) < 4.78 is 11.6. The van der Waals surface area contributed by atoms with E-state index in [9.17, 15) is 0 Å². The molecule has 0 atom stereocenters. The topological polar surface area (TPSA) is 53.7 Å². The number of hydrogen-bond donors (Lipinski definition) is 1. The lowest BCUT2D eigenvalue weighted by Gasteiger charge is -2.13. The Balaban J connectivity index is 2.97. The van der Waals surface area contributed by atoms with Gasteiger partial charge in [-0.1, -0.05) is 0 Å². The second-order valence-corrected chi connectivity index (χ2v) is 4.02. The van der Waals surface area contributed by atoms with Gasteiger partial charge in [-0.05, 0) is 47.0 Å². The summed E-state index contributed by atoms with van der Waals surface area (Å²) in [7, 11) is 1.62. The first-order valence-corrected chi connectivity index (χ1v) is 5.83. The number of ether oxygens (including phenoxy) is 2. The molecule has 0 radical (unpaired) electrons. The normalized spacial score (nSPS) is 10.2. The molecule has 16 heavy (non-hydrogen) atoms. The predicted molar refractivity (Wildman–Crippen MR) is 65.7 cm³/mol. The number of halogens is 1. The summed E-state index contributed by atoms with van der Waals surface area (Å²) >= 11 is 3.44. The third-order valence-electron chi connectivity index (χ3n) is 2.08. The zero-order chi connectivity index (χ0) is 12.0. The molecule has 0 spiro atoms. The number of methoxy groups -OCH3 is 1. The number of nitrogens with two attached hydrogens (primary N) is 1. The molecular weight excluding hydrogens is 274 g/mol. The zero-order valence-corrected chi connectivity index (χ0v) is 11.0. The van der Waals surface area contributed by atoms with E-state index in [-0.39, 0.29) is 0 Å². The van der Waals surface area contributed by atoms with E-state index in [1.165, 1.54) is 0 Å². The summed E-state index contributed by atoms with van der Waals surface area (Å²) in [6.07, 6.45) is 0.735. The molecule has 1 aromatic carbocycles. The van der Waals surface area contributed by atoms with E-state index in [2.05, 4.69) is 20.8 Å². The van der Waals surface area contributed by atoms with Gasteiger partial charge in [0.2, 0.25) is 0 Å². The van der Waals surface area contributed by atoms with Crippen LogP contribution in [0.25, 0.3) is 0 Å². The van der Waals surface area contributed by atoms with Crippen molar-refractivity contribution in [3.05, 3.63) is 22.2 Å². The minimum absolute atomic E-state index is 0.477. The summed E-state index contributed by atoms with van der Waals surface area (Å²) in [4.78, 5) is 4.55. The van der Waals surface area contributed by atoms with Crippen LogP contribution < -0.4 is 15.4 Å². The van der Waals surface area contributed by atoms with Gasteiger partial charge in [0, 0.05) is 0 Å². The molecule has 0 saturated heterocycles. The average Bonchev–Trinajstić information content (AvgIpc) is 2.26. The SMILES string of the molecule is CCOc1cc(CCON)cc(Br)c1OC. The summed E-state index contributed by atoms with van der Waals surface area (Å²) in [5.74, 6) is 6.44. The van der Waals surface area contributed by atoms with Gasteiger partial charge in [0.25, 0.3) is 0 Å². The van der Waals surface area contributed by atoms with Crippen LogP contribution in [0.4, 0.5) is 0 Å². The van der Waals surface area contributed by atoms with Crippen LogP contribution in [0, 0.1) is 0 Å². The van der Waals surface area contributed by atoms with Crippen molar-refractivity contribution in [2.45, 2.75) is 13.3 Å². The lowest BCUT2D eigenvalue weighted by atomic mass is 10.1. The first kappa shape index (κ1) is 13.3. The molecule has 4 nitrogen and oxygen atoms in total. The molecule has 0 aromatic heterocycles. The number of hydrogen-bond acceptors (Lipinski definition) is 4. The van der Waals surface area contributed by atoms with Gasteiger partial charge in [-0.2, -0.15) is 0 Å². The molecule has 0 bridgehead atoms. The summed E-state index contributed by atoms with van der Waals surface area (Å²) in [6, 6.07) is 3.91. The summed E-state index contributed by atoms with van der Waals surface area (Å²) in [6.45, 7) is 3.01. The predicted octanol–water partition coefficient (Wildman–Crippen LogP) is 2.29. The molecule has 0 unspecified atom stereocenters. The van der Waals surface area contributed by atoms with E-state index >= 15 is 0 Å². The Bertz CT molecular complexity index is 344. The largest absolute Gasteiger partial charge is 0.492 e. The third-order valence-corrected chi connectivity index (χ3v) is 2.67. The molecule has 90 valence electrons. The number of benzene rings is 1. The monoisotopic (exact) mass is 289 g/mol. The Morgan fingerprint density at radius 2 is 2.12 bits per heavy atom. The van der Waals surface area contributed by atoms with Crippen molar-refractivity contribution in [3.63, 3.8) is 0 Å². The van der Waals surface area contributed by atoms with Crippen molar-refractivity contribution in [1.82, 2.24) is 0 Å². The van der Waals surface area contributed by atoms with Gasteiger partial charge in [0.05, 0.1) is 24.8 Å². The molecule has 0 fully saturated rings. The zero-order valence-electron chi connectivity index (χ0n) is 9.46. The fourth-order valence-corrected chi connectivity index (χ4v) is 2.05. The standard InChI is InChI=1S/C11H16BrNO3/c1-3-15-10-7-8(4-5-16-13)6-9(12)11(10)14-2/h6-7H,3-5,13H2,1-2H3. The van der Waals surface area contributed by atoms with Crippen molar-refractivity contribution < 1.29 is 14.3 Å². The minimum Gasteiger partial charge on any atom is -0.492 e. The van der Waals surface area contributed by atoms with Gasteiger partial charge in [-0.3, -0.25) is 0 Å². The van der Waals surface area contributed by atoms with Crippen LogP contribution in [0.15, 0.2) is 16.6 Å². The van der Waals surface area contributed by atoms with Crippen LogP contribution in [0.2, 0.25) is 0 Å². The summed E-state index contributed by atoms with van der Waals surface area (Å²) in [5.41, 5.74) is 1.08. The van der Waals surface area contributed by atoms with Crippen LogP contribution in [0.5, 0.6) is 11.5 Å². The van der Waals surface area contributed by atoms with Gasteiger partial charge >= 0.3 is 0 Å². The van der Waals surface area contributed by atoms with Gasteiger partial charge in [-0.15, -0.1) is 0 Å². The van der Waals surface area contributed by atoms with Crippen molar-refractivity contribution in [2.75, 3.05) is 20.3 Å². The molecule has 1 aromatic rings. The Labute approximate surface area is 104 Å². The van der Waals surface area contributed by atoms with E-state index in [4.69, 9.17) is 15.4 Å². The van der Waals surface area contributed by atoms with Crippen molar-refractivity contribution in [3.8, 4) is 11.5 Å². The maximum absolute atomic E-state index is 5.50. The van der Waals surface area contributed by atoms with E-state index in [0.717, 1.165) is 22.2 Å². The van der Waals surface area contributed by atoms with Crippen molar-refractivity contribution >= 4 is 15.9 Å². The van der Waals surface area contributed by atoms with Crippen LogP contribution in [0.1, 0.15) is 12.5 Å². The van der Waals surface area contributed by atoms with E-state index in [1.54, 1.807) is 7.11 Å². The Hall–Kier alpha value is -0.780. The van der Waals surface area contributed by atoms with Crippen molar-refractivity contribution in [1.29, 1.82) is 0 Å². The van der Waals surface area contributed by atoms with E-state index in [1.807, 2.05) is 19.1 Å². The molecule has 0 aliphatic carbocycles. The molecule has 5 heteroatoms. The summed E-state index contributed by atoms with van der Waals surface area (Å²) in [5, 5.41) is 0. The number of rotatable bonds is 6. The highest BCUT2D eigenvalue weighted by atomic mass is 79.9. The average molecular weight is 290 g/mol. The molecule has 0 heterocycles. The molecular formula is C11H16BrNO3. The fraction of sp³-hybridized carbons (Fsp3) is 0.455. The highest BCUT2D eigenvalue weighted by Crippen LogP contribution is 2.36. The third kappa shape index (κ3) is 3.37. The quantitative estimate of drug-likeness (QED) is 0.817. The first-order chi connectivity index (χ1) is 7.72. The van der Waals surface area contributed by atoms with Crippen LogP contribution >= 0.6 is 15.9 Å². The van der Waals surface area contributed by atoms with Gasteiger partial charge < -0.3 is 14.3 Å². The Morgan fingerprint density at radius 3 is 2.69 bits per heavy atom. The van der Waals surface area contributed by atoms with E-state index in [0.29, 0.717) is 19.0 Å². The highest BCUT2D eigenvalue weighted by molar-refractivity contribution is 9.10. The van der Waals surface area contributed by atoms with Gasteiger partial charge in [0.1, 0.15) is 0 Å². The highest BCUT2D eigenvalue weighted by Gasteiger charge is 2.10. The second-order valence-electron chi connectivity index (χ2n) is 3.16. The van der Waals surface area contributed by atoms with Crippen LogP contribution in [-0.2, 0) is 11.3 Å². The van der Waals surface area contributed by atoms with Gasteiger partial charge in [-0.25, -0.2) is 5.90 Å². The maximum Gasteiger partial charge on any atom is 0.174 e. The van der Waals surface area contributed by atoms with Crippen LogP contribution in [0.3, 0.4) is 0 Å². The first-order valence-electron chi connectivity index (χ1n) is 5.03. The minimum atomic E-state index is 0.477. The lowest BCUT2D eigenvalue weighted by molar-refractivity contribution is 0.141. The van der Waals surface area contributed by atoms with Crippen molar-refractivity contribution in [2.24, 2.45) is 5.90 Å². The molecule has 0 saturated carbocycles. The maximum atomic E-state index is 5.50. The smallest absolute Gasteiger partial charge is 0.174 e. The molecule has 0 aliphatic heterocycles. The lowest BCUT2D eigenvalue weighted by Crippen LogP contribution is -2.04. The van der Waals surface area contributed by atoms with E-state index < -0.39 is 0 Å². The fourth-order valence-electron chi connectivity index (χ4n) is 1.40. The molecule has 1 rings (SSSR count). The molecule has 0 amide bonds. The second kappa shape index (κ2) is 6.73. The Kier molecular flexibility index (Phi) is 5.59. The van der Waals surface area contributed by atoms with Crippen LogP contribution in [-0.4, -0.2) is 20.3 Å².